The van der Waals surface area contributed by atoms with E-state index in [1.165, 1.54) is 24.0 Å². The summed E-state index contributed by atoms with van der Waals surface area (Å²) in [5.74, 6) is 0. The number of hydrogen-bond donors (Lipinski definition) is 1. The van der Waals surface area contributed by atoms with Crippen LogP contribution in [0.5, 0.6) is 0 Å². The van der Waals surface area contributed by atoms with Gasteiger partial charge in [0.15, 0.2) is 0 Å². The molecule has 0 amide bonds. The van der Waals surface area contributed by atoms with E-state index in [4.69, 9.17) is 5.73 Å². The first-order chi connectivity index (χ1) is 9.57. The van der Waals surface area contributed by atoms with Crippen molar-refractivity contribution >= 4 is 5.69 Å². The van der Waals surface area contributed by atoms with E-state index in [9.17, 15) is 0 Å². The summed E-state index contributed by atoms with van der Waals surface area (Å²) in [7, 11) is 4.14. The zero-order chi connectivity index (χ0) is 14.2. The fraction of sp³-hybridized carbons (Fsp3) is 0.438. The van der Waals surface area contributed by atoms with Gasteiger partial charge in [-0.15, -0.1) is 0 Å². The predicted octanol–water partition coefficient (Wildman–Crippen LogP) is 2.17. The standard InChI is InChI=1S/C16H22N4/c1-19(10-13-9-18-20(2)11-13)12-16(7-8-16)14-3-5-15(17)6-4-14/h3-6,9,11H,7-8,10,12,17H2,1-2H3. The predicted molar refractivity (Wildman–Crippen MR) is 81.3 cm³/mol. The molecule has 0 aliphatic heterocycles. The van der Waals surface area contributed by atoms with Crippen LogP contribution in [0.3, 0.4) is 0 Å². The molecule has 4 heteroatoms. The molecule has 1 heterocycles. The van der Waals surface area contributed by atoms with Gasteiger partial charge in [0.25, 0.3) is 0 Å². The largest absolute Gasteiger partial charge is 0.399 e. The van der Waals surface area contributed by atoms with E-state index >= 15 is 0 Å². The van der Waals surface area contributed by atoms with Crippen molar-refractivity contribution in [2.24, 2.45) is 7.05 Å². The van der Waals surface area contributed by atoms with Crippen molar-refractivity contribution in [3.8, 4) is 0 Å². The van der Waals surface area contributed by atoms with E-state index in [-0.39, 0.29) is 0 Å². The van der Waals surface area contributed by atoms with Crippen LogP contribution in [-0.4, -0.2) is 28.3 Å². The number of anilines is 1. The van der Waals surface area contributed by atoms with Crippen molar-refractivity contribution in [2.75, 3.05) is 19.3 Å². The zero-order valence-corrected chi connectivity index (χ0v) is 12.2. The molecule has 1 aromatic heterocycles. The molecule has 2 aromatic rings. The summed E-state index contributed by atoms with van der Waals surface area (Å²) >= 11 is 0. The van der Waals surface area contributed by atoms with Crippen LogP contribution in [0.15, 0.2) is 36.7 Å². The van der Waals surface area contributed by atoms with Gasteiger partial charge in [0, 0.05) is 43.0 Å². The minimum atomic E-state index is 0.338. The van der Waals surface area contributed by atoms with Crippen LogP contribution in [0.1, 0.15) is 24.0 Å². The van der Waals surface area contributed by atoms with Crippen LogP contribution in [0.25, 0.3) is 0 Å². The third-order valence-electron chi connectivity index (χ3n) is 4.16. The minimum absolute atomic E-state index is 0.338. The first-order valence-corrected chi connectivity index (χ1v) is 7.09. The third-order valence-corrected chi connectivity index (χ3v) is 4.16. The number of aromatic nitrogens is 2. The summed E-state index contributed by atoms with van der Waals surface area (Å²) in [6.45, 7) is 2.04. The molecular formula is C16H22N4. The summed E-state index contributed by atoms with van der Waals surface area (Å²) in [5.41, 5.74) is 9.64. The SMILES string of the molecule is CN(Cc1cnn(C)c1)CC1(c2ccc(N)cc2)CC1. The van der Waals surface area contributed by atoms with Gasteiger partial charge in [0.05, 0.1) is 6.20 Å². The topological polar surface area (TPSA) is 47.1 Å². The average Bonchev–Trinajstić information content (AvgIpc) is 3.06. The van der Waals surface area contributed by atoms with Gasteiger partial charge in [-0.3, -0.25) is 4.68 Å². The Kier molecular flexibility index (Phi) is 3.26. The Bertz CT molecular complexity index is 581. The van der Waals surface area contributed by atoms with Crippen molar-refractivity contribution in [2.45, 2.75) is 24.8 Å². The molecule has 4 nitrogen and oxygen atoms in total. The number of rotatable bonds is 5. The molecule has 2 N–H and O–H groups in total. The number of likely N-dealkylation sites (N-methyl/N-ethyl adjacent to an activating group) is 1. The maximum absolute atomic E-state index is 5.78. The van der Waals surface area contributed by atoms with Crippen LogP contribution in [0.2, 0.25) is 0 Å². The van der Waals surface area contributed by atoms with E-state index in [2.05, 4.69) is 35.4 Å². The second kappa shape index (κ2) is 4.94. The van der Waals surface area contributed by atoms with Gasteiger partial charge in [-0.05, 0) is 37.6 Å². The van der Waals surface area contributed by atoms with Gasteiger partial charge in [-0.2, -0.15) is 5.10 Å². The summed E-state index contributed by atoms with van der Waals surface area (Å²) in [6, 6.07) is 8.38. The van der Waals surface area contributed by atoms with Gasteiger partial charge in [0.2, 0.25) is 0 Å². The molecule has 1 fully saturated rings. The van der Waals surface area contributed by atoms with Gasteiger partial charge in [0.1, 0.15) is 0 Å². The molecule has 0 saturated heterocycles. The molecule has 106 valence electrons. The average molecular weight is 270 g/mol. The highest BCUT2D eigenvalue weighted by molar-refractivity contribution is 5.43. The molecule has 1 saturated carbocycles. The Hall–Kier alpha value is -1.81. The lowest BCUT2D eigenvalue weighted by molar-refractivity contribution is 0.294. The number of nitrogens with two attached hydrogens (primary N) is 1. The molecular weight excluding hydrogens is 248 g/mol. The Morgan fingerprint density at radius 3 is 2.55 bits per heavy atom. The van der Waals surface area contributed by atoms with E-state index < -0.39 is 0 Å². The lowest BCUT2D eigenvalue weighted by atomic mass is 9.95. The van der Waals surface area contributed by atoms with Crippen LogP contribution in [-0.2, 0) is 19.0 Å². The van der Waals surface area contributed by atoms with Crippen molar-refractivity contribution < 1.29 is 0 Å². The fourth-order valence-electron chi connectivity index (χ4n) is 2.96. The van der Waals surface area contributed by atoms with E-state index in [1.807, 2.05) is 30.1 Å². The maximum atomic E-state index is 5.78. The first kappa shape index (κ1) is 13.2. The number of benzene rings is 1. The van der Waals surface area contributed by atoms with Crippen LogP contribution in [0, 0.1) is 0 Å². The molecule has 1 aliphatic carbocycles. The molecule has 1 aliphatic rings. The lowest BCUT2D eigenvalue weighted by Gasteiger charge is -2.23. The molecule has 1 aromatic carbocycles. The number of hydrogen-bond acceptors (Lipinski definition) is 3. The molecule has 0 bridgehead atoms. The fourth-order valence-corrected chi connectivity index (χ4v) is 2.96. The third kappa shape index (κ3) is 2.70. The number of aryl methyl sites for hydroxylation is 1. The highest BCUT2D eigenvalue weighted by Crippen LogP contribution is 2.48. The highest BCUT2D eigenvalue weighted by Gasteiger charge is 2.44. The zero-order valence-electron chi connectivity index (χ0n) is 12.2. The Morgan fingerprint density at radius 2 is 2.00 bits per heavy atom. The molecule has 3 rings (SSSR count). The highest BCUT2D eigenvalue weighted by atomic mass is 15.2. The van der Waals surface area contributed by atoms with Gasteiger partial charge in [-0.25, -0.2) is 0 Å². The van der Waals surface area contributed by atoms with Crippen LogP contribution < -0.4 is 5.73 Å². The van der Waals surface area contributed by atoms with Crippen molar-refractivity contribution in [1.29, 1.82) is 0 Å². The van der Waals surface area contributed by atoms with E-state index in [0.717, 1.165) is 18.8 Å². The quantitative estimate of drug-likeness (QED) is 0.847. The van der Waals surface area contributed by atoms with Crippen LogP contribution >= 0.6 is 0 Å². The van der Waals surface area contributed by atoms with E-state index in [1.54, 1.807) is 0 Å². The van der Waals surface area contributed by atoms with Gasteiger partial charge >= 0.3 is 0 Å². The lowest BCUT2D eigenvalue weighted by Crippen LogP contribution is -2.28. The molecule has 0 radical (unpaired) electrons. The Morgan fingerprint density at radius 1 is 1.30 bits per heavy atom. The molecule has 0 unspecified atom stereocenters. The summed E-state index contributed by atoms with van der Waals surface area (Å²) in [5, 5.41) is 4.23. The number of nitrogens with zero attached hydrogens (tertiary/aromatic N) is 3. The normalized spacial score (nSPS) is 16.6. The van der Waals surface area contributed by atoms with Crippen molar-refractivity contribution in [3.63, 3.8) is 0 Å². The molecule has 20 heavy (non-hydrogen) atoms. The summed E-state index contributed by atoms with van der Waals surface area (Å²) in [4.78, 5) is 2.39. The van der Waals surface area contributed by atoms with Crippen molar-refractivity contribution in [1.82, 2.24) is 14.7 Å². The monoisotopic (exact) mass is 270 g/mol. The Labute approximate surface area is 120 Å². The summed E-state index contributed by atoms with van der Waals surface area (Å²) in [6.07, 6.45) is 6.57. The van der Waals surface area contributed by atoms with Crippen molar-refractivity contribution in [3.05, 3.63) is 47.8 Å². The van der Waals surface area contributed by atoms with Gasteiger partial charge < -0.3 is 10.6 Å². The second-order valence-electron chi connectivity index (χ2n) is 6.10. The number of nitrogen functional groups attached to an aromatic ring is 1. The van der Waals surface area contributed by atoms with Gasteiger partial charge in [-0.1, -0.05) is 12.1 Å². The smallest absolute Gasteiger partial charge is 0.0534 e. The Balaban J connectivity index is 1.66. The molecule has 0 atom stereocenters. The summed E-state index contributed by atoms with van der Waals surface area (Å²) < 4.78 is 1.86. The minimum Gasteiger partial charge on any atom is -0.399 e. The van der Waals surface area contributed by atoms with Crippen LogP contribution in [0.4, 0.5) is 5.69 Å². The first-order valence-electron chi connectivity index (χ1n) is 7.09. The second-order valence-corrected chi connectivity index (χ2v) is 6.10. The maximum Gasteiger partial charge on any atom is 0.0534 e. The molecule has 0 spiro atoms. The van der Waals surface area contributed by atoms with E-state index in [0.29, 0.717) is 5.41 Å².